The summed E-state index contributed by atoms with van der Waals surface area (Å²) in [6, 6.07) is 0. The van der Waals surface area contributed by atoms with Crippen LogP contribution in [-0.2, 0) is 22.3 Å². The largest absolute Gasteiger partial charge is 0.443 e. The van der Waals surface area contributed by atoms with Crippen LogP contribution in [0.2, 0.25) is 0 Å². The molecule has 2 aromatic heterocycles. The molecule has 0 aliphatic carbocycles. The van der Waals surface area contributed by atoms with Gasteiger partial charge in [0.15, 0.2) is 6.29 Å². The SMILES string of the molecule is CCc1nc(C(C)O)c(C)n1C(=O)OC(C)(C)C.CCc1nc(C=O)c(C)n1C(=O)OC(C)(C)C. The molecule has 1 unspecified atom stereocenters. The number of carbonyl (C=O) groups is 3. The van der Waals surface area contributed by atoms with E-state index in [-0.39, 0.29) is 5.69 Å². The summed E-state index contributed by atoms with van der Waals surface area (Å²) in [4.78, 5) is 43.3. The van der Waals surface area contributed by atoms with Crippen molar-refractivity contribution in [3.63, 3.8) is 0 Å². The quantitative estimate of drug-likeness (QED) is 0.595. The molecule has 10 nitrogen and oxygen atoms in total. The third-order valence-electron chi connectivity index (χ3n) is 4.72. The summed E-state index contributed by atoms with van der Waals surface area (Å²) in [6.45, 7) is 19.7. The van der Waals surface area contributed by atoms with Crippen LogP contribution in [0, 0.1) is 13.8 Å². The van der Waals surface area contributed by atoms with Gasteiger partial charge in [0.05, 0.1) is 23.2 Å². The monoisotopic (exact) mass is 492 g/mol. The van der Waals surface area contributed by atoms with Gasteiger partial charge in [0.25, 0.3) is 0 Å². The van der Waals surface area contributed by atoms with Crippen LogP contribution in [0.4, 0.5) is 9.59 Å². The first-order valence-corrected chi connectivity index (χ1v) is 11.7. The first kappa shape index (κ1) is 30.0. The van der Waals surface area contributed by atoms with Crippen molar-refractivity contribution in [1.82, 2.24) is 19.1 Å². The standard InChI is InChI=1S/C13H22N2O3.C12H18N2O3/c1-7-10-14-11(9(3)16)8(2)15(10)12(17)18-13(4,5)6;1-6-10-13-9(7-15)8(2)14(10)11(16)17-12(3,4)5/h9,16H,7H2,1-6H3;7H,6H2,1-5H3. The molecule has 196 valence electrons. The van der Waals surface area contributed by atoms with Gasteiger partial charge >= 0.3 is 12.2 Å². The minimum absolute atomic E-state index is 0.285. The van der Waals surface area contributed by atoms with Gasteiger partial charge in [-0.15, -0.1) is 0 Å². The molecule has 0 amide bonds. The van der Waals surface area contributed by atoms with E-state index in [2.05, 4.69) is 9.97 Å². The van der Waals surface area contributed by atoms with Crippen LogP contribution >= 0.6 is 0 Å². The number of ether oxygens (including phenoxy) is 2. The third-order valence-corrected chi connectivity index (χ3v) is 4.72. The minimum atomic E-state index is -0.695. The van der Waals surface area contributed by atoms with Crippen molar-refractivity contribution < 1.29 is 29.0 Å². The number of aliphatic hydroxyl groups excluding tert-OH is 1. The normalized spacial score (nSPS) is 12.5. The van der Waals surface area contributed by atoms with Gasteiger partial charge in [-0.2, -0.15) is 0 Å². The molecule has 0 saturated heterocycles. The van der Waals surface area contributed by atoms with E-state index in [4.69, 9.17) is 9.47 Å². The predicted molar refractivity (Wildman–Crippen MR) is 132 cm³/mol. The fourth-order valence-electron chi connectivity index (χ4n) is 3.24. The summed E-state index contributed by atoms with van der Waals surface area (Å²) < 4.78 is 13.4. The number of imidazole rings is 2. The van der Waals surface area contributed by atoms with Gasteiger partial charge in [0.2, 0.25) is 0 Å². The molecule has 2 rings (SSSR count). The van der Waals surface area contributed by atoms with Crippen molar-refractivity contribution >= 4 is 18.5 Å². The second-order valence-corrected chi connectivity index (χ2v) is 10.1. The average molecular weight is 493 g/mol. The number of rotatable bonds is 4. The van der Waals surface area contributed by atoms with Crippen LogP contribution in [0.25, 0.3) is 0 Å². The van der Waals surface area contributed by atoms with Gasteiger partial charge < -0.3 is 14.6 Å². The van der Waals surface area contributed by atoms with E-state index >= 15 is 0 Å². The fraction of sp³-hybridized carbons (Fsp3) is 0.640. The van der Waals surface area contributed by atoms with Gasteiger partial charge in [0.1, 0.15) is 28.5 Å². The van der Waals surface area contributed by atoms with Crippen molar-refractivity contribution in [2.45, 2.75) is 106 Å². The molecular weight excluding hydrogens is 452 g/mol. The van der Waals surface area contributed by atoms with Crippen LogP contribution in [0.3, 0.4) is 0 Å². The molecule has 10 heteroatoms. The average Bonchev–Trinajstić information content (AvgIpc) is 3.22. The summed E-state index contributed by atoms with van der Waals surface area (Å²) in [6.07, 6.45) is 0.179. The Balaban J connectivity index is 0.000000351. The molecule has 35 heavy (non-hydrogen) atoms. The van der Waals surface area contributed by atoms with Crippen LogP contribution in [-0.4, -0.2) is 53.9 Å². The lowest BCUT2D eigenvalue weighted by Crippen LogP contribution is -2.28. The molecule has 2 aromatic rings. The predicted octanol–water partition coefficient (Wildman–Crippen LogP) is 4.94. The number of hydrogen-bond acceptors (Lipinski definition) is 8. The van der Waals surface area contributed by atoms with Gasteiger partial charge in [-0.05, 0) is 62.3 Å². The van der Waals surface area contributed by atoms with E-state index in [0.717, 1.165) is 0 Å². The Kier molecular flexibility index (Phi) is 9.96. The smallest absolute Gasteiger partial charge is 0.420 e. The van der Waals surface area contributed by atoms with Crippen LogP contribution < -0.4 is 0 Å². The van der Waals surface area contributed by atoms with Gasteiger partial charge in [-0.1, -0.05) is 13.8 Å². The maximum Gasteiger partial charge on any atom is 0.420 e. The summed E-state index contributed by atoms with van der Waals surface area (Å²) in [5.74, 6) is 1.15. The molecule has 1 N–H and O–H groups in total. The lowest BCUT2D eigenvalue weighted by molar-refractivity contribution is 0.0517. The van der Waals surface area contributed by atoms with Crippen molar-refractivity contribution in [1.29, 1.82) is 0 Å². The first-order valence-electron chi connectivity index (χ1n) is 11.7. The van der Waals surface area contributed by atoms with Gasteiger partial charge in [-0.3, -0.25) is 4.79 Å². The molecule has 0 radical (unpaired) electrons. The van der Waals surface area contributed by atoms with Crippen molar-refractivity contribution in [3.8, 4) is 0 Å². The van der Waals surface area contributed by atoms with Gasteiger partial charge in [0, 0.05) is 12.8 Å². The Morgan fingerprint density at radius 1 is 0.886 bits per heavy atom. The summed E-state index contributed by atoms with van der Waals surface area (Å²) in [7, 11) is 0. The van der Waals surface area contributed by atoms with Crippen molar-refractivity contribution in [2.75, 3.05) is 0 Å². The number of aromatic nitrogens is 4. The third kappa shape index (κ3) is 8.02. The molecule has 0 aliphatic heterocycles. The highest BCUT2D eigenvalue weighted by molar-refractivity contribution is 5.79. The molecule has 0 fully saturated rings. The first-order chi connectivity index (χ1) is 16.0. The maximum atomic E-state index is 12.1. The van der Waals surface area contributed by atoms with E-state index in [9.17, 15) is 19.5 Å². The Morgan fingerprint density at radius 2 is 1.29 bits per heavy atom. The van der Waals surface area contributed by atoms with Gasteiger partial charge in [-0.25, -0.2) is 28.7 Å². The zero-order valence-electron chi connectivity index (χ0n) is 22.8. The number of hydrogen-bond donors (Lipinski definition) is 1. The van der Waals surface area contributed by atoms with Crippen LogP contribution in [0.5, 0.6) is 0 Å². The second kappa shape index (κ2) is 11.6. The lowest BCUT2D eigenvalue weighted by atomic mass is 10.2. The summed E-state index contributed by atoms with van der Waals surface area (Å²) >= 11 is 0. The van der Waals surface area contributed by atoms with E-state index in [1.54, 1.807) is 41.5 Å². The number of aliphatic hydroxyl groups is 1. The lowest BCUT2D eigenvalue weighted by Gasteiger charge is -2.20. The molecule has 0 spiro atoms. The highest BCUT2D eigenvalue weighted by atomic mass is 16.6. The molecule has 2 heterocycles. The zero-order valence-corrected chi connectivity index (χ0v) is 22.8. The second-order valence-electron chi connectivity index (χ2n) is 10.1. The van der Waals surface area contributed by atoms with Crippen LogP contribution in [0.1, 0.15) is 108 Å². The maximum absolute atomic E-state index is 12.1. The Hall–Kier alpha value is -3.01. The van der Waals surface area contributed by atoms with E-state index in [1.807, 2.05) is 34.6 Å². The van der Waals surface area contributed by atoms with E-state index < -0.39 is 29.5 Å². The molecule has 0 aliphatic rings. The minimum Gasteiger partial charge on any atom is -0.443 e. The number of aldehydes is 1. The molecule has 0 aromatic carbocycles. The molecule has 1 atom stereocenters. The molecule has 0 saturated carbocycles. The van der Waals surface area contributed by atoms with E-state index in [1.165, 1.54) is 9.13 Å². The van der Waals surface area contributed by atoms with Crippen molar-refractivity contribution in [3.05, 3.63) is 34.4 Å². The summed E-state index contributed by atoms with van der Waals surface area (Å²) in [5, 5.41) is 9.62. The Labute approximate surface area is 207 Å². The Bertz CT molecular complexity index is 1050. The number of nitrogens with zero attached hydrogens (tertiary/aromatic N) is 4. The fourth-order valence-corrected chi connectivity index (χ4v) is 3.24. The Morgan fingerprint density at radius 3 is 1.63 bits per heavy atom. The number of aryl methyl sites for hydroxylation is 2. The topological polar surface area (TPSA) is 126 Å². The molecule has 0 bridgehead atoms. The molecular formula is C25H40N4O6. The van der Waals surface area contributed by atoms with E-state index in [0.29, 0.717) is 47.9 Å². The van der Waals surface area contributed by atoms with Crippen molar-refractivity contribution in [2.24, 2.45) is 0 Å². The van der Waals surface area contributed by atoms with Crippen LogP contribution in [0.15, 0.2) is 0 Å². The highest BCUT2D eigenvalue weighted by Gasteiger charge is 2.25. The highest BCUT2D eigenvalue weighted by Crippen LogP contribution is 2.20. The number of carbonyl (C=O) groups excluding carboxylic acids is 3. The summed E-state index contributed by atoms with van der Waals surface area (Å²) in [5.41, 5.74) is 0.844. The zero-order chi connectivity index (χ0) is 27.3.